The number of aromatic nitrogens is 4. The molecule has 116 valence electrons. The van der Waals surface area contributed by atoms with Gasteiger partial charge in [0.15, 0.2) is 0 Å². The summed E-state index contributed by atoms with van der Waals surface area (Å²) in [5, 5.41) is 10.4. The Bertz CT molecular complexity index is 520. The van der Waals surface area contributed by atoms with Crippen LogP contribution in [0.1, 0.15) is 31.0 Å². The van der Waals surface area contributed by atoms with E-state index in [0.29, 0.717) is 0 Å². The van der Waals surface area contributed by atoms with Gasteiger partial charge >= 0.3 is 0 Å². The van der Waals surface area contributed by atoms with E-state index in [2.05, 4.69) is 32.0 Å². The van der Waals surface area contributed by atoms with Crippen molar-refractivity contribution in [1.82, 2.24) is 19.7 Å². The molecule has 0 bridgehead atoms. The van der Waals surface area contributed by atoms with Gasteiger partial charge in [0.2, 0.25) is 5.95 Å². The maximum atomic E-state index is 5.32. The van der Waals surface area contributed by atoms with Crippen molar-refractivity contribution in [3.8, 4) is 0 Å². The van der Waals surface area contributed by atoms with Gasteiger partial charge in [0.05, 0.1) is 6.20 Å². The number of H-pyrrole nitrogens is 1. The van der Waals surface area contributed by atoms with Crippen LogP contribution in [0.25, 0.3) is 0 Å². The first-order valence-corrected chi connectivity index (χ1v) is 7.63. The molecule has 6 nitrogen and oxygen atoms in total. The predicted molar refractivity (Wildman–Crippen MR) is 83.5 cm³/mol. The van der Waals surface area contributed by atoms with Gasteiger partial charge < -0.3 is 14.6 Å². The summed E-state index contributed by atoms with van der Waals surface area (Å²) in [6.07, 6.45) is 8.88. The summed E-state index contributed by atoms with van der Waals surface area (Å²) >= 11 is 0. The Morgan fingerprint density at radius 1 is 1.38 bits per heavy atom. The smallest absolute Gasteiger partial charge is 0.202 e. The SMILES string of the molecule is CCOCCCNc1nccn1CCCc1cn[nH]c1C. The van der Waals surface area contributed by atoms with Gasteiger partial charge in [-0.15, -0.1) is 0 Å². The first-order valence-electron chi connectivity index (χ1n) is 7.63. The number of hydrogen-bond donors (Lipinski definition) is 2. The minimum Gasteiger partial charge on any atom is -0.382 e. The molecule has 0 atom stereocenters. The van der Waals surface area contributed by atoms with Gasteiger partial charge in [0.1, 0.15) is 0 Å². The van der Waals surface area contributed by atoms with E-state index < -0.39 is 0 Å². The van der Waals surface area contributed by atoms with Crippen LogP contribution in [-0.2, 0) is 17.7 Å². The molecular formula is C15H25N5O. The van der Waals surface area contributed by atoms with Crippen molar-refractivity contribution in [2.45, 2.75) is 39.7 Å². The molecule has 0 saturated carbocycles. The molecule has 2 aromatic heterocycles. The summed E-state index contributed by atoms with van der Waals surface area (Å²) in [4.78, 5) is 4.36. The van der Waals surface area contributed by atoms with Crippen LogP contribution in [-0.4, -0.2) is 39.5 Å². The summed E-state index contributed by atoms with van der Waals surface area (Å²) in [6.45, 7) is 7.50. The van der Waals surface area contributed by atoms with E-state index in [0.717, 1.165) is 57.2 Å². The second-order valence-corrected chi connectivity index (χ2v) is 5.05. The van der Waals surface area contributed by atoms with Crippen LogP contribution >= 0.6 is 0 Å². The second-order valence-electron chi connectivity index (χ2n) is 5.05. The summed E-state index contributed by atoms with van der Waals surface area (Å²) in [5.41, 5.74) is 2.45. The highest BCUT2D eigenvalue weighted by Crippen LogP contribution is 2.10. The molecule has 2 rings (SSSR count). The average Bonchev–Trinajstić information content (AvgIpc) is 3.09. The lowest BCUT2D eigenvalue weighted by Crippen LogP contribution is -2.11. The van der Waals surface area contributed by atoms with Gasteiger partial charge in [-0.2, -0.15) is 5.10 Å². The molecule has 0 fully saturated rings. The van der Waals surface area contributed by atoms with Crippen molar-refractivity contribution in [2.24, 2.45) is 0 Å². The van der Waals surface area contributed by atoms with Gasteiger partial charge in [0.25, 0.3) is 0 Å². The molecule has 0 spiro atoms. The molecule has 0 radical (unpaired) electrons. The van der Waals surface area contributed by atoms with Gasteiger partial charge in [-0.3, -0.25) is 5.10 Å². The first-order chi connectivity index (χ1) is 10.3. The van der Waals surface area contributed by atoms with E-state index in [1.165, 1.54) is 5.56 Å². The number of nitrogens with one attached hydrogen (secondary N) is 2. The van der Waals surface area contributed by atoms with E-state index in [4.69, 9.17) is 4.74 Å². The van der Waals surface area contributed by atoms with Crippen molar-refractivity contribution < 1.29 is 4.74 Å². The third-order valence-electron chi connectivity index (χ3n) is 3.45. The number of aromatic amines is 1. The normalized spacial score (nSPS) is 11.0. The van der Waals surface area contributed by atoms with Crippen molar-refractivity contribution in [1.29, 1.82) is 0 Å². The Balaban J connectivity index is 1.71. The first kappa shape index (κ1) is 15.6. The van der Waals surface area contributed by atoms with Crippen LogP contribution in [0, 0.1) is 6.92 Å². The average molecular weight is 291 g/mol. The van der Waals surface area contributed by atoms with Crippen molar-refractivity contribution in [2.75, 3.05) is 25.1 Å². The third-order valence-corrected chi connectivity index (χ3v) is 3.45. The standard InChI is InChI=1S/C15H25N5O/c1-3-21-11-5-7-16-15-17-8-10-20(15)9-4-6-14-12-18-19-13(14)2/h8,10,12H,3-7,9,11H2,1-2H3,(H,16,17)(H,18,19). The van der Waals surface area contributed by atoms with E-state index in [1.54, 1.807) is 0 Å². The van der Waals surface area contributed by atoms with E-state index in [1.807, 2.05) is 25.5 Å². The van der Waals surface area contributed by atoms with Gasteiger partial charge in [-0.25, -0.2) is 4.98 Å². The highest BCUT2D eigenvalue weighted by atomic mass is 16.5. The molecule has 0 aromatic carbocycles. The van der Waals surface area contributed by atoms with Gasteiger partial charge in [-0.1, -0.05) is 0 Å². The molecule has 0 aliphatic rings. The highest BCUT2D eigenvalue weighted by molar-refractivity contribution is 5.25. The van der Waals surface area contributed by atoms with Gasteiger partial charge in [0, 0.05) is 44.4 Å². The van der Waals surface area contributed by atoms with E-state index >= 15 is 0 Å². The molecule has 21 heavy (non-hydrogen) atoms. The summed E-state index contributed by atoms with van der Waals surface area (Å²) < 4.78 is 7.49. The molecule has 0 saturated heterocycles. The summed E-state index contributed by atoms with van der Waals surface area (Å²) in [7, 11) is 0. The fourth-order valence-electron chi connectivity index (χ4n) is 2.24. The van der Waals surface area contributed by atoms with E-state index in [9.17, 15) is 0 Å². The topological polar surface area (TPSA) is 67.8 Å². The second kappa shape index (κ2) is 8.46. The number of ether oxygens (including phenoxy) is 1. The third kappa shape index (κ3) is 4.90. The molecular weight excluding hydrogens is 266 g/mol. The number of rotatable bonds is 10. The Morgan fingerprint density at radius 3 is 3.05 bits per heavy atom. The van der Waals surface area contributed by atoms with Crippen LogP contribution in [0.2, 0.25) is 0 Å². The Labute approximate surface area is 125 Å². The predicted octanol–water partition coefficient (Wildman–Crippen LogP) is 2.39. The molecule has 2 heterocycles. The quantitative estimate of drug-likeness (QED) is 0.660. The van der Waals surface area contributed by atoms with E-state index in [-0.39, 0.29) is 0 Å². The number of imidazole rings is 1. The van der Waals surface area contributed by atoms with Crippen LogP contribution < -0.4 is 5.32 Å². The Hall–Kier alpha value is -1.82. The zero-order valence-electron chi connectivity index (χ0n) is 12.9. The lowest BCUT2D eigenvalue weighted by molar-refractivity contribution is 0.147. The zero-order valence-corrected chi connectivity index (χ0v) is 12.9. The largest absolute Gasteiger partial charge is 0.382 e. The fourth-order valence-corrected chi connectivity index (χ4v) is 2.24. The van der Waals surface area contributed by atoms with Crippen molar-refractivity contribution in [3.05, 3.63) is 29.8 Å². The van der Waals surface area contributed by atoms with Crippen LogP contribution in [0.15, 0.2) is 18.6 Å². The minimum absolute atomic E-state index is 0.780. The monoisotopic (exact) mass is 291 g/mol. The molecule has 0 aliphatic heterocycles. The van der Waals surface area contributed by atoms with Crippen LogP contribution in [0.5, 0.6) is 0 Å². The Kier molecular flexibility index (Phi) is 6.27. The summed E-state index contributed by atoms with van der Waals surface area (Å²) in [5.74, 6) is 0.940. The highest BCUT2D eigenvalue weighted by Gasteiger charge is 2.04. The number of hydrogen-bond acceptors (Lipinski definition) is 4. The molecule has 2 aromatic rings. The molecule has 6 heteroatoms. The van der Waals surface area contributed by atoms with Gasteiger partial charge in [-0.05, 0) is 38.7 Å². The minimum atomic E-state index is 0.780. The zero-order chi connectivity index (χ0) is 14.9. The maximum Gasteiger partial charge on any atom is 0.202 e. The maximum absolute atomic E-state index is 5.32. The summed E-state index contributed by atoms with van der Waals surface area (Å²) in [6, 6.07) is 0. The van der Waals surface area contributed by atoms with Crippen molar-refractivity contribution in [3.63, 3.8) is 0 Å². The molecule has 0 aliphatic carbocycles. The number of anilines is 1. The number of aryl methyl sites for hydroxylation is 3. The van der Waals surface area contributed by atoms with Crippen molar-refractivity contribution >= 4 is 5.95 Å². The van der Waals surface area contributed by atoms with Crippen LogP contribution in [0.4, 0.5) is 5.95 Å². The lowest BCUT2D eigenvalue weighted by atomic mass is 10.1. The van der Waals surface area contributed by atoms with Crippen LogP contribution in [0.3, 0.4) is 0 Å². The molecule has 2 N–H and O–H groups in total. The lowest BCUT2D eigenvalue weighted by Gasteiger charge is -2.09. The number of nitrogens with zero attached hydrogens (tertiary/aromatic N) is 3. The molecule has 0 amide bonds. The molecule has 0 unspecified atom stereocenters. The Morgan fingerprint density at radius 2 is 2.29 bits per heavy atom. The fraction of sp³-hybridized carbons (Fsp3) is 0.600.